The first-order valence-corrected chi connectivity index (χ1v) is 8.41. The van der Waals surface area contributed by atoms with E-state index >= 15 is 0 Å². The van der Waals surface area contributed by atoms with Gasteiger partial charge in [0.1, 0.15) is 5.69 Å². The average Bonchev–Trinajstić information content (AvgIpc) is 2.99. The van der Waals surface area contributed by atoms with Gasteiger partial charge in [-0.15, -0.1) is 4.37 Å². The topological polar surface area (TPSA) is 113 Å². The Morgan fingerprint density at radius 3 is 2.58 bits per heavy atom. The number of nitrogens with zero attached hydrogens (tertiary/aromatic N) is 3. The standard InChI is InChI=1S/C13H21N3OS.C2H2O4/c1-4-5-8-17-13-12(14-18-15-13)11-7-6-10(2)16(3)9-11;3-1(4)2(5)6/h7,10H,4-6,8-9H2,1-3H3;(H,3,4)(H,5,6). The van der Waals surface area contributed by atoms with Crippen molar-refractivity contribution in [3.63, 3.8) is 0 Å². The maximum absolute atomic E-state index is 9.10. The van der Waals surface area contributed by atoms with E-state index in [0.717, 1.165) is 38.1 Å². The molecule has 0 radical (unpaired) electrons. The molecule has 2 rings (SSSR count). The van der Waals surface area contributed by atoms with Crippen molar-refractivity contribution >= 4 is 29.2 Å². The molecule has 0 bridgehead atoms. The first-order valence-electron chi connectivity index (χ1n) is 7.68. The van der Waals surface area contributed by atoms with Crippen molar-refractivity contribution < 1.29 is 24.5 Å². The van der Waals surface area contributed by atoms with Gasteiger partial charge in [-0.3, -0.25) is 4.90 Å². The van der Waals surface area contributed by atoms with Crippen molar-refractivity contribution in [1.29, 1.82) is 0 Å². The number of rotatable bonds is 5. The van der Waals surface area contributed by atoms with Crippen molar-refractivity contribution in [2.45, 2.75) is 39.2 Å². The maximum atomic E-state index is 9.10. The van der Waals surface area contributed by atoms with Crippen LogP contribution < -0.4 is 4.74 Å². The third-order valence-electron chi connectivity index (χ3n) is 3.56. The molecule has 9 heteroatoms. The number of aromatic nitrogens is 2. The van der Waals surface area contributed by atoms with Gasteiger partial charge >= 0.3 is 11.9 Å². The fraction of sp³-hybridized carbons (Fsp3) is 0.600. The van der Waals surface area contributed by atoms with E-state index in [1.807, 2.05) is 0 Å². The van der Waals surface area contributed by atoms with Crippen LogP contribution in [0.25, 0.3) is 5.57 Å². The van der Waals surface area contributed by atoms with Gasteiger partial charge in [-0.05, 0) is 32.4 Å². The number of hydrogen-bond donors (Lipinski definition) is 2. The first kappa shape index (κ1) is 20.0. The Bertz CT molecular complexity index is 575. The van der Waals surface area contributed by atoms with Gasteiger partial charge in [-0.25, -0.2) is 9.59 Å². The number of ether oxygens (including phenoxy) is 1. The van der Waals surface area contributed by atoms with Crippen molar-refractivity contribution in [3.8, 4) is 5.88 Å². The highest BCUT2D eigenvalue weighted by Gasteiger charge is 2.21. The van der Waals surface area contributed by atoms with Crippen molar-refractivity contribution in [2.24, 2.45) is 0 Å². The second-order valence-electron chi connectivity index (χ2n) is 5.46. The van der Waals surface area contributed by atoms with E-state index in [4.69, 9.17) is 24.5 Å². The van der Waals surface area contributed by atoms with E-state index in [1.54, 1.807) is 0 Å². The van der Waals surface area contributed by atoms with Gasteiger partial charge in [0.15, 0.2) is 0 Å². The molecule has 24 heavy (non-hydrogen) atoms. The zero-order chi connectivity index (χ0) is 18.1. The summed E-state index contributed by atoms with van der Waals surface area (Å²) < 4.78 is 14.4. The van der Waals surface area contributed by atoms with Crippen LogP contribution in [0.5, 0.6) is 5.88 Å². The summed E-state index contributed by atoms with van der Waals surface area (Å²) in [6, 6.07) is 0.602. The van der Waals surface area contributed by atoms with Crippen LogP contribution in [0.4, 0.5) is 0 Å². The largest absolute Gasteiger partial charge is 0.475 e. The second-order valence-corrected chi connectivity index (χ2v) is 5.99. The second kappa shape index (κ2) is 9.99. The lowest BCUT2D eigenvalue weighted by molar-refractivity contribution is -0.159. The Morgan fingerprint density at radius 2 is 2.04 bits per heavy atom. The number of unbranched alkanes of at least 4 members (excludes halogenated alkanes) is 1. The number of carboxylic acid groups (broad SMARTS) is 2. The van der Waals surface area contributed by atoms with Crippen LogP contribution in [-0.4, -0.2) is 62.0 Å². The molecule has 0 saturated carbocycles. The molecule has 2 N–H and O–H groups in total. The van der Waals surface area contributed by atoms with E-state index in [0.29, 0.717) is 11.9 Å². The highest BCUT2D eigenvalue weighted by molar-refractivity contribution is 6.99. The molecule has 0 amide bonds. The van der Waals surface area contributed by atoms with Gasteiger partial charge in [0.25, 0.3) is 5.88 Å². The van der Waals surface area contributed by atoms with E-state index < -0.39 is 11.9 Å². The molecule has 1 atom stereocenters. The van der Waals surface area contributed by atoms with Crippen LogP contribution in [0, 0.1) is 0 Å². The molecule has 0 saturated heterocycles. The maximum Gasteiger partial charge on any atom is 0.414 e. The van der Waals surface area contributed by atoms with E-state index in [9.17, 15) is 0 Å². The lowest BCUT2D eigenvalue weighted by Gasteiger charge is -2.29. The lowest BCUT2D eigenvalue weighted by Crippen LogP contribution is -2.33. The van der Waals surface area contributed by atoms with Crippen LogP contribution in [0.3, 0.4) is 0 Å². The predicted molar refractivity (Wildman–Crippen MR) is 90.3 cm³/mol. The van der Waals surface area contributed by atoms with E-state index in [1.165, 1.54) is 17.3 Å². The number of aliphatic carboxylic acids is 2. The fourth-order valence-electron chi connectivity index (χ4n) is 1.94. The Labute approximate surface area is 145 Å². The number of carbonyl (C=O) groups is 2. The van der Waals surface area contributed by atoms with Gasteiger partial charge in [0, 0.05) is 12.6 Å². The Kier molecular flexibility index (Phi) is 8.34. The van der Waals surface area contributed by atoms with Crippen LogP contribution in [0.2, 0.25) is 0 Å². The van der Waals surface area contributed by atoms with Gasteiger partial charge in [-0.1, -0.05) is 19.4 Å². The zero-order valence-corrected chi connectivity index (χ0v) is 14.9. The zero-order valence-electron chi connectivity index (χ0n) is 14.1. The molecule has 0 aliphatic carbocycles. The SMILES string of the molecule is CCCCOc1nsnc1C1=CCC(C)N(C)C1.O=C(O)C(=O)O. The van der Waals surface area contributed by atoms with Gasteiger partial charge < -0.3 is 14.9 Å². The Balaban J connectivity index is 0.000000413. The summed E-state index contributed by atoms with van der Waals surface area (Å²) in [6.07, 6.45) is 5.54. The van der Waals surface area contributed by atoms with Gasteiger partial charge in [0.2, 0.25) is 0 Å². The summed E-state index contributed by atoms with van der Waals surface area (Å²) in [5.74, 6) is -2.94. The van der Waals surface area contributed by atoms with Crippen molar-refractivity contribution in [3.05, 3.63) is 11.8 Å². The highest BCUT2D eigenvalue weighted by Crippen LogP contribution is 2.28. The van der Waals surface area contributed by atoms with Crippen LogP contribution in [0.15, 0.2) is 6.08 Å². The van der Waals surface area contributed by atoms with E-state index in [2.05, 4.69) is 40.6 Å². The molecule has 0 spiro atoms. The summed E-state index contributed by atoms with van der Waals surface area (Å²) in [4.78, 5) is 20.5. The Morgan fingerprint density at radius 1 is 1.38 bits per heavy atom. The average molecular weight is 357 g/mol. The minimum absolute atomic E-state index is 0.602. The molecule has 0 aromatic carbocycles. The number of carboxylic acids is 2. The van der Waals surface area contributed by atoms with Crippen molar-refractivity contribution in [1.82, 2.24) is 13.6 Å². The highest BCUT2D eigenvalue weighted by atomic mass is 32.1. The summed E-state index contributed by atoms with van der Waals surface area (Å²) in [6.45, 7) is 6.06. The summed E-state index contributed by atoms with van der Waals surface area (Å²) in [7, 11) is 2.15. The molecular weight excluding hydrogens is 334 g/mol. The van der Waals surface area contributed by atoms with E-state index in [-0.39, 0.29) is 0 Å². The predicted octanol–water partition coefficient (Wildman–Crippen LogP) is 1.98. The molecule has 2 heterocycles. The molecule has 1 aromatic rings. The molecular formula is C15H23N3O5S. The molecule has 8 nitrogen and oxygen atoms in total. The van der Waals surface area contributed by atoms with Crippen LogP contribution in [0.1, 0.15) is 38.8 Å². The van der Waals surface area contributed by atoms with Gasteiger partial charge in [0.05, 0.1) is 18.3 Å². The van der Waals surface area contributed by atoms with Crippen LogP contribution >= 0.6 is 11.7 Å². The monoisotopic (exact) mass is 357 g/mol. The molecule has 1 aromatic heterocycles. The summed E-state index contributed by atoms with van der Waals surface area (Å²) in [5.41, 5.74) is 2.19. The molecule has 134 valence electrons. The minimum atomic E-state index is -1.82. The quantitative estimate of drug-likeness (QED) is 0.607. The van der Waals surface area contributed by atoms with Gasteiger partial charge in [-0.2, -0.15) is 4.37 Å². The smallest absolute Gasteiger partial charge is 0.414 e. The summed E-state index contributed by atoms with van der Waals surface area (Å²) in [5, 5.41) is 14.8. The van der Waals surface area contributed by atoms with Crippen molar-refractivity contribution in [2.75, 3.05) is 20.2 Å². The Hall–Kier alpha value is -2.00. The normalized spacial score (nSPS) is 17.5. The molecule has 0 fully saturated rings. The lowest BCUT2D eigenvalue weighted by atomic mass is 10.0. The summed E-state index contributed by atoms with van der Waals surface area (Å²) >= 11 is 1.24. The minimum Gasteiger partial charge on any atom is -0.475 e. The third-order valence-corrected chi connectivity index (χ3v) is 4.07. The number of likely N-dealkylation sites (N-methyl/N-ethyl adjacent to an activating group) is 1. The third kappa shape index (κ3) is 6.25. The van der Waals surface area contributed by atoms with Crippen LogP contribution in [-0.2, 0) is 9.59 Å². The molecule has 1 aliphatic heterocycles. The number of hydrogen-bond acceptors (Lipinski definition) is 7. The first-order chi connectivity index (χ1) is 11.4. The molecule has 1 unspecified atom stereocenters. The fourth-order valence-corrected chi connectivity index (χ4v) is 2.47. The molecule has 1 aliphatic rings.